The molecule has 0 unspecified atom stereocenters. The van der Waals surface area contributed by atoms with Crippen molar-refractivity contribution >= 4 is 39.0 Å². The maximum Gasteiger partial charge on any atom is 0.153 e. The molecule has 1 aliphatic rings. The summed E-state index contributed by atoms with van der Waals surface area (Å²) in [7, 11) is 2.12. The van der Waals surface area contributed by atoms with Crippen molar-refractivity contribution in [3.8, 4) is 5.69 Å². The summed E-state index contributed by atoms with van der Waals surface area (Å²) in [6, 6.07) is 28.1. The third-order valence-electron chi connectivity index (χ3n) is 6.56. The first-order chi connectivity index (χ1) is 15.2. The molecule has 3 aromatic carbocycles. The molecule has 2 aromatic heterocycles. The fraction of sp³-hybridized carbons (Fsp3) is 0.148. The number of pyridine rings is 1. The number of aryl methyl sites for hydroxylation is 1. The highest BCUT2D eigenvalue weighted by molar-refractivity contribution is 6.17. The van der Waals surface area contributed by atoms with Crippen LogP contribution in [0.5, 0.6) is 0 Å². The number of benzene rings is 3. The predicted molar refractivity (Wildman–Crippen MR) is 130 cm³/mol. The topological polar surface area (TPSA) is 24.3 Å². The number of fused-ring (bicyclic) bond motifs is 4. The number of aromatic nitrogens is 2. The fourth-order valence-electron chi connectivity index (χ4n) is 5.02. The van der Waals surface area contributed by atoms with Crippen molar-refractivity contribution in [3.05, 3.63) is 90.6 Å². The first kappa shape index (κ1) is 18.0. The van der Waals surface area contributed by atoms with Crippen LogP contribution < -0.4 is 9.80 Å². The van der Waals surface area contributed by atoms with Crippen LogP contribution in [-0.2, 0) is 0 Å². The Labute approximate surface area is 182 Å². The van der Waals surface area contributed by atoms with Gasteiger partial charge in [-0.1, -0.05) is 42.5 Å². The van der Waals surface area contributed by atoms with Gasteiger partial charge in [-0.25, -0.2) is 4.98 Å². The summed E-state index contributed by atoms with van der Waals surface area (Å²) in [6.07, 6.45) is 2.05. The number of anilines is 3. The molecule has 0 spiro atoms. The van der Waals surface area contributed by atoms with Crippen LogP contribution in [0.4, 0.5) is 17.2 Å². The lowest BCUT2D eigenvalue weighted by molar-refractivity contribution is 0.730. The van der Waals surface area contributed by atoms with Crippen LogP contribution in [0, 0.1) is 6.92 Å². The lowest BCUT2D eigenvalue weighted by atomic mass is 10.0. The molecule has 0 saturated carbocycles. The van der Waals surface area contributed by atoms with E-state index in [0.29, 0.717) is 0 Å². The normalized spacial score (nSPS) is 15.8. The van der Waals surface area contributed by atoms with Gasteiger partial charge >= 0.3 is 0 Å². The van der Waals surface area contributed by atoms with E-state index in [-0.39, 0.29) is 6.17 Å². The van der Waals surface area contributed by atoms with Gasteiger partial charge in [0.2, 0.25) is 0 Å². The van der Waals surface area contributed by atoms with Crippen molar-refractivity contribution in [3.63, 3.8) is 0 Å². The summed E-state index contributed by atoms with van der Waals surface area (Å²) in [5.41, 5.74) is 7.30. The summed E-state index contributed by atoms with van der Waals surface area (Å²) < 4.78 is 2.38. The van der Waals surface area contributed by atoms with Gasteiger partial charge in [-0.2, -0.15) is 0 Å². The summed E-state index contributed by atoms with van der Waals surface area (Å²) in [5.74, 6) is 1.03. The second-order valence-electron chi connectivity index (χ2n) is 8.27. The zero-order chi connectivity index (χ0) is 21.1. The Kier molecular flexibility index (Phi) is 3.84. The van der Waals surface area contributed by atoms with Crippen LogP contribution in [0.2, 0.25) is 0 Å². The first-order valence-electron chi connectivity index (χ1n) is 10.7. The highest BCUT2D eigenvalue weighted by Gasteiger charge is 2.34. The maximum absolute atomic E-state index is 4.67. The van der Waals surface area contributed by atoms with Crippen molar-refractivity contribution in [1.29, 1.82) is 0 Å². The van der Waals surface area contributed by atoms with Crippen molar-refractivity contribution in [2.75, 3.05) is 16.8 Å². The second-order valence-corrected chi connectivity index (χ2v) is 8.27. The molecule has 4 heteroatoms. The highest BCUT2D eigenvalue weighted by Crippen LogP contribution is 2.48. The monoisotopic (exact) mass is 404 g/mol. The molecule has 0 bridgehead atoms. The lowest BCUT2D eigenvalue weighted by Gasteiger charge is -2.29. The Bertz CT molecular complexity index is 1430. The minimum atomic E-state index is 0.174. The smallest absolute Gasteiger partial charge is 0.153 e. The minimum absolute atomic E-state index is 0.174. The quantitative estimate of drug-likeness (QED) is 0.339. The van der Waals surface area contributed by atoms with E-state index >= 15 is 0 Å². The largest absolute Gasteiger partial charge is 0.337 e. The fourth-order valence-corrected chi connectivity index (χ4v) is 5.02. The van der Waals surface area contributed by atoms with Gasteiger partial charge in [0.15, 0.2) is 5.82 Å². The Hall–Kier alpha value is -3.79. The van der Waals surface area contributed by atoms with Gasteiger partial charge in [-0.15, -0.1) is 0 Å². The molecule has 0 fully saturated rings. The molecular weight excluding hydrogens is 380 g/mol. The SMILES string of the molecule is Cc1ccc2c(c1N1c3cccnc3N(C)[C@@H]1C)c1ccccc1n2-c1ccccc1. The molecule has 0 saturated heterocycles. The lowest BCUT2D eigenvalue weighted by Crippen LogP contribution is -2.36. The number of para-hydroxylation sites is 2. The molecule has 0 radical (unpaired) electrons. The molecule has 0 aliphatic carbocycles. The van der Waals surface area contributed by atoms with Crippen LogP contribution in [0.15, 0.2) is 85.1 Å². The number of rotatable bonds is 2. The Balaban J connectivity index is 1.74. The van der Waals surface area contributed by atoms with Gasteiger partial charge in [0.25, 0.3) is 0 Å². The zero-order valence-corrected chi connectivity index (χ0v) is 17.9. The van der Waals surface area contributed by atoms with Crippen LogP contribution >= 0.6 is 0 Å². The first-order valence-corrected chi connectivity index (χ1v) is 10.7. The molecule has 4 nitrogen and oxygen atoms in total. The van der Waals surface area contributed by atoms with E-state index in [4.69, 9.17) is 0 Å². The van der Waals surface area contributed by atoms with Gasteiger partial charge in [-0.05, 0) is 55.8 Å². The molecule has 3 heterocycles. The molecule has 31 heavy (non-hydrogen) atoms. The van der Waals surface area contributed by atoms with Gasteiger partial charge < -0.3 is 14.4 Å². The van der Waals surface area contributed by atoms with E-state index in [1.165, 1.54) is 38.7 Å². The van der Waals surface area contributed by atoms with Crippen LogP contribution in [0.25, 0.3) is 27.5 Å². The van der Waals surface area contributed by atoms with E-state index in [1.807, 2.05) is 12.3 Å². The van der Waals surface area contributed by atoms with Crippen molar-refractivity contribution in [1.82, 2.24) is 9.55 Å². The van der Waals surface area contributed by atoms with Crippen molar-refractivity contribution in [2.45, 2.75) is 20.0 Å². The zero-order valence-electron chi connectivity index (χ0n) is 17.9. The van der Waals surface area contributed by atoms with E-state index in [9.17, 15) is 0 Å². The maximum atomic E-state index is 4.67. The second kappa shape index (κ2) is 6.61. The Morgan fingerprint density at radius 2 is 1.58 bits per heavy atom. The van der Waals surface area contributed by atoms with Crippen LogP contribution in [0.3, 0.4) is 0 Å². The van der Waals surface area contributed by atoms with Gasteiger partial charge in [0.05, 0.1) is 22.4 Å². The molecule has 0 amide bonds. The van der Waals surface area contributed by atoms with Crippen LogP contribution in [-0.4, -0.2) is 22.8 Å². The summed E-state index contributed by atoms with van der Waals surface area (Å²) >= 11 is 0. The number of hydrogen-bond acceptors (Lipinski definition) is 3. The van der Waals surface area contributed by atoms with E-state index in [2.05, 4.69) is 113 Å². The van der Waals surface area contributed by atoms with Crippen LogP contribution in [0.1, 0.15) is 12.5 Å². The van der Waals surface area contributed by atoms with E-state index in [0.717, 1.165) is 11.5 Å². The van der Waals surface area contributed by atoms with Crippen molar-refractivity contribution in [2.24, 2.45) is 0 Å². The van der Waals surface area contributed by atoms with Gasteiger partial charge in [0.1, 0.15) is 6.17 Å². The summed E-state index contributed by atoms with van der Waals surface area (Å²) in [6.45, 7) is 4.46. The molecule has 1 atom stereocenters. The van der Waals surface area contributed by atoms with E-state index < -0.39 is 0 Å². The standard InChI is InChI=1S/C27H24N4/c1-18-15-16-23-25(26(18)30-19(2)29(3)27-24(30)14-9-17-28-27)21-12-7-8-13-22(21)31(23)20-10-5-4-6-11-20/h4-17,19H,1-3H3/t19-/m0/s1. The Morgan fingerprint density at radius 3 is 2.42 bits per heavy atom. The molecule has 0 N–H and O–H groups in total. The van der Waals surface area contributed by atoms with E-state index in [1.54, 1.807) is 0 Å². The third kappa shape index (κ3) is 2.45. The third-order valence-corrected chi connectivity index (χ3v) is 6.56. The Morgan fingerprint density at radius 1 is 0.806 bits per heavy atom. The summed E-state index contributed by atoms with van der Waals surface area (Å²) in [5, 5.41) is 2.56. The predicted octanol–water partition coefficient (Wildman–Crippen LogP) is 6.42. The molecule has 1 aliphatic heterocycles. The molecular formula is C27H24N4. The number of nitrogens with zero attached hydrogens (tertiary/aromatic N) is 4. The number of hydrogen-bond donors (Lipinski definition) is 0. The molecule has 5 aromatic rings. The highest BCUT2D eigenvalue weighted by atomic mass is 15.4. The minimum Gasteiger partial charge on any atom is -0.337 e. The average Bonchev–Trinajstić information content (AvgIpc) is 3.27. The molecule has 152 valence electrons. The summed E-state index contributed by atoms with van der Waals surface area (Å²) in [4.78, 5) is 9.37. The van der Waals surface area contributed by atoms with Gasteiger partial charge in [0, 0.05) is 29.7 Å². The molecule has 6 rings (SSSR count). The van der Waals surface area contributed by atoms with Gasteiger partial charge in [-0.3, -0.25) is 0 Å². The average molecular weight is 405 g/mol. The van der Waals surface area contributed by atoms with Crippen molar-refractivity contribution < 1.29 is 0 Å².